The third-order valence-electron chi connectivity index (χ3n) is 4.99. The van der Waals surface area contributed by atoms with Gasteiger partial charge in [-0.25, -0.2) is 9.97 Å². The molecule has 1 amide bonds. The topological polar surface area (TPSA) is 102 Å². The molecule has 7 nitrogen and oxygen atoms in total. The number of para-hydroxylation sites is 1. The molecule has 7 heteroatoms. The molecule has 1 fully saturated rings. The van der Waals surface area contributed by atoms with Gasteiger partial charge in [-0.15, -0.1) is 0 Å². The van der Waals surface area contributed by atoms with E-state index in [1.54, 1.807) is 19.2 Å². The highest BCUT2D eigenvalue weighted by molar-refractivity contribution is 6.06. The standard InChI is InChI=1S/C20H21N5O2/c1-27-13-5-2-4-12(8-13)16-9-22-10-17(16)25-20-15-7-3-6-14(19(21)26)18(15)23-11-24-20/h2-8,11,16-17,22H,9-10H2,1H3,(H2,21,26)(H,23,24,25)/t16-,17+/m1/s1. The van der Waals surface area contributed by atoms with Crippen LogP contribution < -0.4 is 21.1 Å². The minimum atomic E-state index is -0.498. The number of fused-ring (bicyclic) bond motifs is 1. The molecule has 1 aliphatic heterocycles. The van der Waals surface area contributed by atoms with Gasteiger partial charge in [-0.2, -0.15) is 0 Å². The van der Waals surface area contributed by atoms with Gasteiger partial charge in [0.1, 0.15) is 17.9 Å². The Labute approximate surface area is 157 Å². The molecule has 1 aromatic heterocycles. The average molecular weight is 363 g/mol. The molecule has 0 unspecified atom stereocenters. The summed E-state index contributed by atoms with van der Waals surface area (Å²) in [7, 11) is 1.67. The SMILES string of the molecule is COc1cccc([C@H]2CNC[C@@H]2Nc2ncnc3c(C(N)=O)cccc23)c1. The lowest BCUT2D eigenvalue weighted by Crippen LogP contribution is -2.27. The number of amides is 1. The number of nitrogens with zero attached hydrogens (tertiary/aromatic N) is 2. The van der Waals surface area contributed by atoms with E-state index in [4.69, 9.17) is 10.5 Å². The second-order valence-corrected chi connectivity index (χ2v) is 6.58. The fourth-order valence-electron chi connectivity index (χ4n) is 3.63. The molecule has 4 rings (SSSR count). The summed E-state index contributed by atoms with van der Waals surface area (Å²) in [6, 6.07) is 13.6. The number of ether oxygens (including phenoxy) is 1. The van der Waals surface area contributed by atoms with Crippen LogP contribution in [0.15, 0.2) is 48.8 Å². The lowest BCUT2D eigenvalue weighted by Gasteiger charge is -2.22. The molecule has 0 saturated carbocycles. The average Bonchev–Trinajstić information content (AvgIpc) is 3.16. The van der Waals surface area contributed by atoms with E-state index in [1.807, 2.05) is 18.2 Å². The molecule has 2 heterocycles. The number of benzene rings is 2. The zero-order valence-corrected chi connectivity index (χ0v) is 15.0. The second-order valence-electron chi connectivity index (χ2n) is 6.58. The van der Waals surface area contributed by atoms with Gasteiger partial charge in [0, 0.05) is 30.4 Å². The van der Waals surface area contributed by atoms with Crippen LogP contribution in [-0.2, 0) is 0 Å². The predicted octanol–water partition coefficient (Wildman–Crippen LogP) is 1.90. The summed E-state index contributed by atoms with van der Waals surface area (Å²) >= 11 is 0. The molecule has 0 radical (unpaired) electrons. The monoisotopic (exact) mass is 363 g/mol. The third-order valence-corrected chi connectivity index (χ3v) is 4.99. The Morgan fingerprint density at radius 2 is 2.07 bits per heavy atom. The highest BCUT2D eigenvalue weighted by Crippen LogP contribution is 2.30. The number of carbonyl (C=O) groups is 1. The number of nitrogens with one attached hydrogen (secondary N) is 2. The summed E-state index contributed by atoms with van der Waals surface area (Å²) in [5.74, 6) is 1.31. The van der Waals surface area contributed by atoms with Crippen LogP contribution >= 0.6 is 0 Å². The summed E-state index contributed by atoms with van der Waals surface area (Å²) in [4.78, 5) is 20.3. The van der Waals surface area contributed by atoms with Gasteiger partial charge in [0.05, 0.1) is 18.2 Å². The molecule has 0 aliphatic carbocycles. The maximum Gasteiger partial charge on any atom is 0.250 e. The van der Waals surface area contributed by atoms with Crippen molar-refractivity contribution in [1.82, 2.24) is 15.3 Å². The number of rotatable bonds is 5. The van der Waals surface area contributed by atoms with E-state index in [9.17, 15) is 4.79 Å². The number of primary amides is 1. The van der Waals surface area contributed by atoms with Crippen LogP contribution in [0.25, 0.3) is 10.9 Å². The highest BCUT2D eigenvalue weighted by atomic mass is 16.5. The number of methoxy groups -OCH3 is 1. The Balaban J connectivity index is 1.67. The molecule has 2 aromatic carbocycles. The normalized spacial score (nSPS) is 19.1. The van der Waals surface area contributed by atoms with Crippen molar-refractivity contribution in [2.24, 2.45) is 5.73 Å². The van der Waals surface area contributed by atoms with Crippen molar-refractivity contribution < 1.29 is 9.53 Å². The van der Waals surface area contributed by atoms with E-state index in [-0.39, 0.29) is 12.0 Å². The first kappa shape index (κ1) is 17.2. The van der Waals surface area contributed by atoms with Gasteiger partial charge in [0.2, 0.25) is 0 Å². The summed E-state index contributed by atoms with van der Waals surface area (Å²) in [5, 5.41) is 7.75. The number of nitrogens with two attached hydrogens (primary N) is 1. The Kier molecular flexibility index (Phi) is 4.60. The molecule has 1 saturated heterocycles. The van der Waals surface area contributed by atoms with Gasteiger partial charge in [0.15, 0.2) is 0 Å². The Morgan fingerprint density at radius 3 is 2.89 bits per heavy atom. The van der Waals surface area contributed by atoms with E-state index < -0.39 is 5.91 Å². The van der Waals surface area contributed by atoms with Crippen LogP contribution in [0.5, 0.6) is 5.75 Å². The van der Waals surface area contributed by atoms with E-state index in [0.29, 0.717) is 16.9 Å². The first-order chi connectivity index (χ1) is 13.2. The molecular weight excluding hydrogens is 342 g/mol. The molecule has 4 N–H and O–H groups in total. The maximum atomic E-state index is 11.7. The van der Waals surface area contributed by atoms with Crippen molar-refractivity contribution in [3.8, 4) is 5.75 Å². The number of aromatic nitrogens is 2. The molecule has 2 atom stereocenters. The smallest absolute Gasteiger partial charge is 0.250 e. The van der Waals surface area contributed by atoms with Crippen molar-refractivity contribution in [2.45, 2.75) is 12.0 Å². The largest absolute Gasteiger partial charge is 0.497 e. The highest BCUT2D eigenvalue weighted by Gasteiger charge is 2.29. The van der Waals surface area contributed by atoms with Crippen LogP contribution in [0.1, 0.15) is 21.8 Å². The number of carbonyl (C=O) groups excluding carboxylic acids is 1. The van der Waals surface area contributed by atoms with Gasteiger partial charge in [-0.3, -0.25) is 4.79 Å². The lowest BCUT2D eigenvalue weighted by molar-refractivity contribution is 0.100. The van der Waals surface area contributed by atoms with Crippen molar-refractivity contribution in [3.05, 3.63) is 59.9 Å². The zero-order valence-electron chi connectivity index (χ0n) is 15.0. The summed E-state index contributed by atoms with van der Waals surface area (Å²) < 4.78 is 5.36. The Morgan fingerprint density at radius 1 is 1.22 bits per heavy atom. The summed E-state index contributed by atoms with van der Waals surface area (Å²) in [6.07, 6.45) is 1.46. The van der Waals surface area contributed by atoms with E-state index >= 15 is 0 Å². The number of hydrogen-bond acceptors (Lipinski definition) is 6. The molecule has 27 heavy (non-hydrogen) atoms. The number of anilines is 1. The van der Waals surface area contributed by atoms with E-state index in [2.05, 4.69) is 32.7 Å². The Hall–Kier alpha value is -3.19. The van der Waals surface area contributed by atoms with Gasteiger partial charge in [-0.05, 0) is 29.8 Å². The third kappa shape index (κ3) is 3.29. The van der Waals surface area contributed by atoms with Gasteiger partial charge in [-0.1, -0.05) is 18.2 Å². The van der Waals surface area contributed by atoms with Crippen LogP contribution in [0, 0.1) is 0 Å². The lowest BCUT2D eigenvalue weighted by atomic mass is 9.94. The quantitative estimate of drug-likeness (QED) is 0.640. The zero-order chi connectivity index (χ0) is 18.8. The first-order valence-corrected chi connectivity index (χ1v) is 8.82. The van der Waals surface area contributed by atoms with Crippen LogP contribution in [0.4, 0.5) is 5.82 Å². The van der Waals surface area contributed by atoms with Crippen molar-refractivity contribution in [2.75, 3.05) is 25.5 Å². The van der Waals surface area contributed by atoms with Gasteiger partial charge in [0.25, 0.3) is 5.91 Å². The fourth-order valence-corrected chi connectivity index (χ4v) is 3.63. The second kappa shape index (κ2) is 7.20. The molecule has 1 aliphatic rings. The summed E-state index contributed by atoms with van der Waals surface area (Å²) in [6.45, 7) is 1.67. The van der Waals surface area contributed by atoms with Crippen molar-refractivity contribution >= 4 is 22.6 Å². The minimum absolute atomic E-state index is 0.146. The van der Waals surface area contributed by atoms with Crippen LogP contribution in [-0.4, -0.2) is 42.1 Å². The van der Waals surface area contributed by atoms with Crippen LogP contribution in [0.3, 0.4) is 0 Å². The predicted molar refractivity (Wildman–Crippen MR) is 104 cm³/mol. The molecule has 3 aromatic rings. The van der Waals surface area contributed by atoms with Crippen molar-refractivity contribution in [3.63, 3.8) is 0 Å². The van der Waals surface area contributed by atoms with Gasteiger partial charge < -0.3 is 21.1 Å². The van der Waals surface area contributed by atoms with Crippen LogP contribution in [0.2, 0.25) is 0 Å². The molecular formula is C20H21N5O2. The molecule has 0 bridgehead atoms. The van der Waals surface area contributed by atoms with Gasteiger partial charge >= 0.3 is 0 Å². The first-order valence-electron chi connectivity index (χ1n) is 8.82. The minimum Gasteiger partial charge on any atom is -0.497 e. The van der Waals surface area contributed by atoms with E-state index in [0.717, 1.165) is 24.2 Å². The van der Waals surface area contributed by atoms with E-state index in [1.165, 1.54) is 11.9 Å². The molecule has 138 valence electrons. The fraction of sp³-hybridized carbons (Fsp3) is 0.250. The van der Waals surface area contributed by atoms with Crippen molar-refractivity contribution in [1.29, 1.82) is 0 Å². The summed E-state index contributed by atoms with van der Waals surface area (Å²) in [5.41, 5.74) is 7.64. The Bertz CT molecular complexity index is 991. The maximum absolute atomic E-state index is 11.7. The number of hydrogen-bond donors (Lipinski definition) is 3. The molecule has 0 spiro atoms.